The predicted molar refractivity (Wildman–Crippen MR) is 123 cm³/mol. The van der Waals surface area contributed by atoms with Gasteiger partial charge in [0.05, 0.1) is 24.2 Å². The number of carbonyl (C=O) groups excluding carboxylic acids is 2. The SMILES string of the molecule is COc1ccccc1OCC(=O)Nc1sc2c(c1C(=O)N[C@H]1CCS(=O)(=O)C1)CCCC2. The van der Waals surface area contributed by atoms with Crippen LogP contribution in [-0.4, -0.2) is 51.5 Å². The second-order valence-corrected chi connectivity index (χ2v) is 11.3. The van der Waals surface area contributed by atoms with E-state index in [0.29, 0.717) is 28.5 Å². The molecule has 1 fully saturated rings. The van der Waals surface area contributed by atoms with Crippen molar-refractivity contribution >= 4 is 38.0 Å². The van der Waals surface area contributed by atoms with Crippen molar-refractivity contribution in [2.24, 2.45) is 0 Å². The first-order valence-corrected chi connectivity index (χ1v) is 13.2. The van der Waals surface area contributed by atoms with Gasteiger partial charge in [-0.2, -0.15) is 0 Å². The molecule has 1 atom stereocenters. The van der Waals surface area contributed by atoms with Gasteiger partial charge in [-0.05, 0) is 49.8 Å². The van der Waals surface area contributed by atoms with Gasteiger partial charge in [-0.3, -0.25) is 9.59 Å². The molecule has 8 nitrogen and oxygen atoms in total. The number of amides is 2. The van der Waals surface area contributed by atoms with E-state index in [4.69, 9.17) is 9.47 Å². The van der Waals surface area contributed by atoms with Gasteiger partial charge >= 0.3 is 0 Å². The van der Waals surface area contributed by atoms with Gasteiger partial charge in [0.2, 0.25) is 0 Å². The summed E-state index contributed by atoms with van der Waals surface area (Å²) in [6.07, 6.45) is 4.07. The summed E-state index contributed by atoms with van der Waals surface area (Å²) < 4.78 is 34.3. The molecule has 1 saturated heterocycles. The first kappa shape index (κ1) is 22.6. The molecule has 32 heavy (non-hydrogen) atoms. The molecule has 0 bridgehead atoms. The number of hydrogen-bond donors (Lipinski definition) is 2. The van der Waals surface area contributed by atoms with E-state index < -0.39 is 15.9 Å². The van der Waals surface area contributed by atoms with Crippen molar-refractivity contribution in [3.05, 3.63) is 40.3 Å². The summed E-state index contributed by atoms with van der Waals surface area (Å²) in [6, 6.07) is 6.65. The van der Waals surface area contributed by atoms with Crippen molar-refractivity contribution in [3.63, 3.8) is 0 Å². The fraction of sp³-hybridized carbons (Fsp3) is 0.455. The number of carbonyl (C=O) groups is 2. The maximum absolute atomic E-state index is 13.1. The molecule has 1 aliphatic carbocycles. The van der Waals surface area contributed by atoms with Crippen LogP contribution in [0.1, 0.15) is 40.1 Å². The zero-order chi connectivity index (χ0) is 22.7. The van der Waals surface area contributed by atoms with E-state index in [1.165, 1.54) is 18.4 Å². The summed E-state index contributed by atoms with van der Waals surface area (Å²) in [5, 5.41) is 6.18. The maximum atomic E-state index is 13.1. The van der Waals surface area contributed by atoms with E-state index in [9.17, 15) is 18.0 Å². The molecule has 0 radical (unpaired) electrons. The second-order valence-electron chi connectivity index (χ2n) is 7.98. The van der Waals surface area contributed by atoms with Gasteiger partial charge < -0.3 is 20.1 Å². The minimum Gasteiger partial charge on any atom is -0.493 e. The van der Waals surface area contributed by atoms with Gasteiger partial charge in [0.15, 0.2) is 27.9 Å². The predicted octanol–water partition coefficient (Wildman–Crippen LogP) is 2.57. The first-order valence-electron chi connectivity index (χ1n) is 10.6. The quantitative estimate of drug-likeness (QED) is 0.633. The number of nitrogens with one attached hydrogen (secondary N) is 2. The number of benzene rings is 1. The van der Waals surface area contributed by atoms with Crippen LogP contribution in [0.3, 0.4) is 0 Å². The molecule has 2 amide bonds. The highest BCUT2D eigenvalue weighted by molar-refractivity contribution is 7.91. The summed E-state index contributed by atoms with van der Waals surface area (Å²) >= 11 is 1.41. The summed E-state index contributed by atoms with van der Waals surface area (Å²) in [5.74, 6) is 0.317. The summed E-state index contributed by atoms with van der Waals surface area (Å²) in [6.45, 7) is -0.231. The average molecular weight is 479 g/mol. The smallest absolute Gasteiger partial charge is 0.262 e. The lowest BCUT2D eigenvalue weighted by molar-refractivity contribution is -0.118. The summed E-state index contributed by atoms with van der Waals surface area (Å²) in [4.78, 5) is 26.8. The zero-order valence-electron chi connectivity index (χ0n) is 17.8. The molecule has 2 heterocycles. The third-order valence-corrected chi connectivity index (χ3v) is 8.62. The molecule has 1 aromatic heterocycles. The Morgan fingerprint density at radius 3 is 2.62 bits per heavy atom. The van der Waals surface area contributed by atoms with Gasteiger partial charge in [0.25, 0.3) is 11.8 Å². The molecular weight excluding hydrogens is 452 g/mol. The fourth-order valence-corrected chi connectivity index (χ4v) is 7.08. The number of anilines is 1. The molecule has 2 N–H and O–H groups in total. The monoisotopic (exact) mass is 478 g/mol. The molecular formula is C22H26N2O6S2. The lowest BCUT2D eigenvalue weighted by Gasteiger charge is -2.15. The van der Waals surface area contributed by atoms with Gasteiger partial charge in [-0.1, -0.05) is 12.1 Å². The van der Waals surface area contributed by atoms with Gasteiger partial charge in [0.1, 0.15) is 5.00 Å². The number of sulfone groups is 1. The number of para-hydroxylation sites is 2. The fourth-order valence-electron chi connectivity index (χ4n) is 4.10. The second kappa shape index (κ2) is 9.50. The Labute approximate surface area is 191 Å². The number of aryl methyl sites for hydroxylation is 1. The van der Waals surface area contributed by atoms with Crippen molar-refractivity contribution < 1.29 is 27.5 Å². The molecule has 10 heteroatoms. The van der Waals surface area contributed by atoms with Crippen molar-refractivity contribution in [2.45, 2.75) is 38.1 Å². The van der Waals surface area contributed by atoms with Crippen LogP contribution in [-0.2, 0) is 27.5 Å². The Morgan fingerprint density at radius 2 is 1.91 bits per heavy atom. The molecule has 1 aromatic carbocycles. The molecule has 0 spiro atoms. The van der Waals surface area contributed by atoms with Gasteiger partial charge in [0, 0.05) is 10.9 Å². The van der Waals surface area contributed by atoms with Crippen LogP contribution in [0.4, 0.5) is 5.00 Å². The molecule has 1 aliphatic heterocycles. The number of methoxy groups -OCH3 is 1. The molecule has 0 unspecified atom stereocenters. The van der Waals surface area contributed by atoms with Crippen LogP contribution in [0.25, 0.3) is 0 Å². The highest BCUT2D eigenvalue weighted by Gasteiger charge is 2.32. The summed E-state index contributed by atoms with van der Waals surface area (Å²) in [5.41, 5.74) is 1.42. The number of ether oxygens (including phenoxy) is 2. The lowest BCUT2D eigenvalue weighted by Crippen LogP contribution is -2.36. The van der Waals surface area contributed by atoms with E-state index in [-0.39, 0.29) is 29.9 Å². The molecule has 0 saturated carbocycles. The van der Waals surface area contributed by atoms with Crippen LogP contribution < -0.4 is 20.1 Å². The average Bonchev–Trinajstić information content (AvgIpc) is 3.30. The number of fused-ring (bicyclic) bond motifs is 1. The molecule has 2 aromatic rings. The molecule has 4 rings (SSSR count). The molecule has 2 aliphatic rings. The van der Waals surface area contributed by atoms with Crippen molar-refractivity contribution in [2.75, 3.05) is 30.5 Å². The first-order chi connectivity index (χ1) is 15.4. The van der Waals surface area contributed by atoms with Crippen molar-refractivity contribution in [3.8, 4) is 11.5 Å². The topological polar surface area (TPSA) is 111 Å². The normalized spacial score (nSPS) is 19.1. The largest absolute Gasteiger partial charge is 0.493 e. The number of thiophene rings is 1. The number of rotatable bonds is 7. The van der Waals surface area contributed by atoms with Crippen molar-refractivity contribution in [1.82, 2.24) is 5.32 Å². The van der Waals surface area contributed by atoms with Gasteiger partial charge in [-0.25, -0.2) is 8.42 Å². The molecule has 172 valence electrons. The Kier molecular flexibility index (Phi) is 6.71. The van der Waals surface area contributed by atoms with E-state index in [1.54, 1.807) is 18.2 Å². The van der Waals surface area contributed by atoms with Crippen LogP contribution in [0.2, 0.25) is 0 Å². The lowest BCUT2D eigenvalue weighted by atomic mass is 9.95. The Balaban J connectivity index is 1.49. The standard InChI is InChI=1S/C22H26N2O6S2/c1-29-16-7-3-4-8-17(16)30-12-19(25)24-22-20(15-6-2-5-9-18(15)31-22)21(26)23-14-10-11-32(27,28)13-14/h3-4,7-8,14H,2,5-6,9-13H2,1H3,(H,23,26)(H,24,25)/t14-/m0/s1. The highest BCUT2D eigenvalue weighted by Crippen LogP contribution is 2.38. The minimum atomic E-state index is -3.10. The van der Waals surface area contributed by atoms with E-state index >= 15 is 0 Å². The van der Waals surface area contributed by atoms with Crippen LogP contribution in [0, 0.1) is 0 Å². The highest BCUT2D eigenvalue weighted by atomic mass is 32.2. The summed E-state index contributed by atoms with van der Waals surface area (Å²) in [7, 11) is -1.58. The maximum Gasteiger partial charge on any atom is 0.262 e. The Hall–Kier alpha value is -2.59. The van der Waals surface area contributed by atoms with Crippen molar-refractivity contribution in [1.29, 1.82) is 0 Å². The van der Waals surface area contributed by atoms with Gasteiger partial charge in [-0.15, -0.1) is 11.3 Å². The Morgan fingerprint density at radius 1 is 1.16 bits per heavy atom. The Bertz CT molecular complexity index is 1130. The number of hydrogen-bond acceptors (Lipinski definition) is 7. The van der Waals surface area contributed by atoms with Crippen LogP contribution in [0.15, 0.2) is 24.3 Å². The van der Waals surface area contributed by atoms with E-state index in [0.717, 1.165) is 36.1 Å². The zero-order valence-corrected chi connectivity index (χ0v) is 19.4. The van der Waals surface area contributed by atoms with E-state index in [2.05, 4.69) is 10.6 Å². The minimum absolute atomic E-state index is 0.0422. The van der Waals surface area contributed by atoms with E-state index in [1.807, 2.05) is 6.07 Å². The third-order valence-electron chi connectivity index (χ3n) is 5.65. The third kappa shape index (κ3) is 5.07. The van der Waals surface area contributed by atoms with Crippen LogP contribution in [0.5, 0.6) is 11.5 Å². The van der Waals surface area contributed by atoms with Crippen LogP contribution >= 0.6 is 11.3 Å².